The number of hydrogen-bond donors (Lipinski definition) is 2. The molecule has 2 N–H and O–H groups in total. The third kappa shape index (κ3) is 3.37. The first kappa shape index (κ1) is 18.8. The van der Waals surface area contributed by atoms with Crippen molar-refractivity contribution in [3.05, 3.63) is 51.4 Å². The van der Waals surface area contributed by atoms with Gasteiger partial charge in [0, 0.05) is 19.3 Å². The minimum Gasteiger partial charge on any atom is -0.352 e. The van der Waals surface area contributed by atoms with Crippen LogP contribution in [0.2, 0.25) is 0 Å². The van der Waals surface area contributed by atoms with Gasteiger partial charge in [-0.05, 0) is 38.0 Å². The Balaban J connectivity index is 2.20. The van der Waals surface area contributed by atoms with E-state index in [0.717, 1.165) is 24.8 Å². The van der Waals surface area contributed by atoms with Gasteiger partial charge in [-0.2, -0.15) is 0 Å². The largest absolute Gasteiger partial charge is 0.352 e. The van der Waals surface area contributed by atoms with E-state index in [4.69, 9.17) is 5.41 Å². The minimum absolute atomic E-state index is 0.0721. The Bertz CT molecular complexity index is 1130. The molecule has 0 aromatic carbocycles. The number of aromatic nitrogens is 3. The number of fused-ring (bicyclic) bond motifs is 2. The fraction of sp³-hybridized carbons (Fsp3) is 0.400. The van der Waals surface area contributed by atoms with Crippen molar-refractivity contribution in [2.24, 2.45) is 0 Å². The molecule has 1 amide bonds. The fourth-order valence-corrected chi connectivity index (χ4v) is 3.25. The maximum Gasteiger partial charge on any atom is 0.267 e. The van der Waals surface area contributed by atoms with Gasteiger partial charge >= 0.3 is 0 Å². The van der Waals surface area contributed by atoms with E-state index in [2.05, 4.69) is 17.2 Å². The van der Waals surface area contributed by atoms with Crippen LogP contribution >= 0.6 is 0 Å². The summed E-state index contributed by atoms with van der Waals surface area (Å²) in [5.41, 5.74) is 1.91. The van der Waals surface area contributed by atoms with Crippen molar-refractivity contribution in [1.29, 1.82) is 5.41 Å². The van der Waals surface area contributed by atoms with Crippen molar-refractivity contribution in [1.82, 2.24) is 19.3 Å². The van der Waals surface area contributed by atoms with E-state index in [1.807, 2.05) is 19.9 Å². The number of aryl methyl sites for hydroxylation is 2. The molecule has 0 radical (unpaired) electrons. The summed E-state index contributed by atoms with van der Waals surface area (Å²) in [7, 11) is 0. The quantitative estimate of drug-likeness (QED) is 0.517. The van der Waals surface area contributed by atoms with Gasteiger partial charge in [-0.1, -0.05) is 25.8 Å². The van der Waals surface area contributed by atoms with Crippen molar-refractivity contribution in [2.75, 3.05) is 6.54 Å². The first-order chi connectivity index (χ1) is 13.0. The highest BCUT2D eigenvalue weighted by Crippen LogP contribution is 2.12. The van der Waals surface area contributed by atoms with E-state index in [1.165, 1.54) is 10.5 Å². The molecule has 3 rings (SSSR count). The van der Waals surface area contributed by atoms with Gasteiger partial charge in [0.25, 0.3) is 11.5 Å². The van der Waals surface area contributed by atoms with Gasteiger partial charge in [0.2, 0.25) is 0 Å². The molecule has 3 heterocycles. The van der Waals surface area contributed by atoms with Gasteiger partial charge in [0.05, 0.1) is 10.9 Å². The Hall–Kier alpha value is -2.96. The molecule has 0 aliphatic heterocycles. The van der Waals surface area contributed by atoms with Crippen molar-refractivity contribution in [3.8, 4) is 0 Å². The van der Waals surface area contributed by atoms with E-state index in [-0.39, 0.29) is 22.5 Å². The van der Waals surface area contributed by atoms with Crippen LogP contribution in [0.5, 0.6) is 0 Å². The highest BCUT2D eigenvalue weighted by Gasteiger charge is 2.17. The summed E-state index contributed by atoms with van der Waals surface area (Å²) in [4.78, 5) is 30.2. The maximum atomic E-state index is 13.0. The lowest BCUT2D eigenvalue weighted by molar-refractivity contribution is 0.0950. The Morgan fingerprint density at radius 2 is 2.04 bits per heavy atom. The molecule has 3 aromatic heterocycles. The SMILES string of the molecule is CCCCCNC(=O)c1cc2c(=O)n3cccc(C)c3nc2n(CC)c1=N. The molecule has 27 heavy (non-hydrogen) atoms. The Kier molecular flexibility index (Phi) is 5.39. The predicted octanol–water partition coefficient (Wildman–Crippen LogP) is 2.38. The zero-order valence-corrected chi connectivity index (χ0v) is 16.0. The summed E-state index contributed by atoms with van der Waals surface area (Å²) in [5, 5.41) is 11.7. The van der Waals surface area contributed by atoms with Crippen LogP contribution in [0.15, 0.2) is 29.2 Å². The zero-order valence-electron chi connectivity index (χ0n) is 16.0. The van der Waals surface area contributed by atoms with Gasteiger partial charge in [0.1, 0.15) is 16.8 Å². The number of unbranched alkanes of at least 4 members (excludes halogenated alkanes) is 2. The molecule has 142 valence electrons. The molecule has 7 heteroatoms. The second kappa shape index (κ2) is 7.73. The van der Waals surface area contributed by atoms with Gasteiger partial charge < -0.3 is 9.88 Å². The van der Waals surface area contributed by atoms with Crippen LogP contribution in [-0.4, -0.2) is 26.4 Å². The lowest BCUT2D eigenvalue weighted by Gasteiger charge is -2.14. The van der Waals surface area contributed by atoms with Crippen LogP contribution in [-0.2, 0) is 6.54 Å². The maximum absolute atomic E-state index is 13.0. The molecule has 0 aliphatic rings. The van der Waals surface area contributed by atoms with Crippen LogP contribution in [0.4, 0.5) is 0 Å². The zero-order chi connectivity index (χ0) is 19.6. The molecule has 0 fully saturated rings. The lowest BCUT2D eigenvalue weighted by Crippen LogP contribution is -2.35. The lowest BCUT2D eigenvalue weighted by atomic mass is 10.2. The number of pyridine rings is 2. The molecule has 0 aliphatic carbocycles. The summed E-state index contributed by atoms with van der Waals surface area (Å²) < 4.78 is 3.11. The first-order valence-electron chi connectivity index (χ1n) is 9.37. The van der Waals surface area contributed by atoms with Crippen molar-refractivity contribution in [2.45, 2.75) is 46.6 Å². The molecule has 0 saturated heterocycles. The highest BCUT2D eigenvalue weighted by molar-refractivity contribution is 5.96. The normalized spacial score (nSPS) is 11.2. The molecule has 0 bridgehead atoms. The predicted molar refractivity (Wildman–Crippen MR) is 105 cm³/mol. The van der Waals surface area contributed by atoms with Crippen molar-refractivity contribution < 1.29 is 4.79 Å². The number of amides is 1. The molecule has 0 saturated carbocycles. The molecule has 3 aromatic rings. The van der Waals surface area contributed by atoms with E-state index < -0.39 is 0 Å². The van der Waals surface area contributed by atoms with Crippen LogP contribution in [0.1, 0.15) is 49.0 Å². The average molecular weight is 367 g/mol. The van der Waals surface area contributed by atoms with Gasteiger partial charge in [-0.15, -0.1) is 0 Å². The smallest absolute Gasteiger partial charge is 0.267 e. The number of nitrogens with zero attached hydrogens (tertiary/aromatic N) is 3. The number of carbonyl (C=O) groups excluding carboxylic acids is 1. The summed E-state index contributed by atoms with van der Waals surface area (Å²) in [5.74, 6) is -0.325. The number of nitrogens with one attached hydrogen (secondary N) is 2. The molecule has 0 spiro atoms. The third-order valence-corrected chi connectivity index (χ3v) is 4.76. The third-order valence-electron chi connectivity index (χ3n) is 4.76. The summed E-state index contributed by atoms with van der Waals surface area (Å²) in [6.07, 6.45) is 4.68. The molecular weight excluding hydrogens is 342 g/mol. The van der Waals surface area contributed by atoms with Crippen molar-refractivity contribution >= 4 is 22.6 Å². The number of carbonyl (C=O) groups is 1. The second-order valence-electron chi connectivity index (χ2n) is 6.65. The number of rotatable bonds is 6. The summed E-state index contributed by atoms with van der Waals surface area (Å²) in [6.45, 7) is 6.88. The summed E-state index contributed by atoms with van der Waals surface area (Å²) in [6, 6.07) is 5.19. The minimum atomic E-state index is -0.325. The topological polar surface area (TPSA) is 92.2 Å². The van der Waals surface area contributed by atoms with E-state index in [1.54, 1.807) is 16.8 Å². The van der Waals surface area contributed by atoms with E-state index >= 15 is 0 Å². The monoisotopic (exact) mass is 367 g/mol. The highest BCUT2D eigenvalue weighted by atomic mass is 16.1. The van der Waals surface area contributed by atoms with Crippen LogP contribution in [0.25, 0.3) is 16.7 Å². The Morgan fingerprint density at radius 1 is 1.26 bits per heavy atom. The van der Waals surface area contributed by atoms with E-state index in [9.17, 15) is 9.59 Å². The van der Waals surface area contributed by atoms with Gasteiger partial charge in [-0.3, -0.25) is 19.4 Å². The van der Waals surface area contributed by atoms with Crippen LogP contribution in [0, 0.1) is 12.3 Å². The molecule has 7 nitrogen and oxygen atoms in total. The first-order valence-corrected chi connectivity index (χ1v) is 9.37. The molecule has 0 atom stereocenters. The number of hydrogen-bond acceptors (Lipinski definition) is 4. The van der Waals surface area contributed by atoms with E-state index in [0.29, 0.717) is 29.8 Å². The Morgan fingerprint density at radius 3 is 2.74 bits per heavy atom. The van der Waals surface area contributed by atoms with Crippen LogP contribution in [0.3, 0.4) is 0 Å². The van der Waals surface area contributed by atoms with Crippen LogP contribution < -0.4 is 16.4 Å². The molecular formula is C20H25N5O2. The fourth-order valence-electron chi connectivity index (χ4n) is 3.25. The Labute approximate surface area is 157 Å². The standard InChI is InChI=1S/C20H25N5O2/c1-4-6-7-10-22-19(26)14-12-15-18(24(5-2)16(14)21)23-17-13(3)9-8-11-25(17)20(15)27/h8-9,11-12,21H,4-7,10H2,1-3H3,(H,22,26). The second-order valence-corrected chi connectivity index (χ2v) is 6.65. The summed E-state index contributed by atoms with van der Waals surface area (Å²) >= 11 is 0. The van der Waals surface area contributed by atoms with Gasteiger partial charge in [-0.25, -0.2) is 4.98 Å². The van der Waals surface area contributed by atoms with Gasteiger partial charge in [0.15, 0.2) is 0 Å². The molecule has 0 unspecified atom stereocenters. The average Bonchev–Trinajstić information content (AvgIpc) is 2.66. The van der Waals surface area contributed by atoms with Crippen molar-refractivity contribution in [3.63, 3.8) is 0 Å².